The van der Waals surface area contributed by atoms with Gasteiger partial charge in [-0.15, -0.1) is 0 Å². The number of para-hydroxylation sites is 1. The highest BCUT2D eigenvalue weighted by molar-refractivity contribution is 6.31. The molecule has 0 spiro atoms. The summed E-state index contributed by atoms with van der Waals surface area (Å²) < 4.78 is 19.7. The summed E-state index contributed by atoms with van der Waals surface area (Å²) in [5.74, 6) is -0.144. The van der Waals surface area contributed by atoms with Crippen LogP contribution in [0, 0.1) is 5.82 Å². The van der Waals surface area contributed by atoms with Crippen LogP contribution < -0.4 is 9.64 Å². The van der Waals surface area contributed by atoms with E-state index < -0.39 is 11.9 Å². The molecule has 2 aromatic rings. The van der Waals surface area contributed by atoms with Crippen LogP contribution in [0.2, 0.25) is 5.02 Å². The van der Waals surface area contributed by atoms with Crippen molar-refractivity contribution in [1.82, 2.24) is 0 Å². The minimum atomic E-state index is -0.688. The summed E-state index contributed by atoms with van der Waals surface area (Å²) in [4.78, 5) is 13.8. The Balaban J connectivity index is 2.09. The molecule has 0 bridgehead atoms. The highest BCUT2D eigenvalue weighted by Crippen LogP contribution is 2.31. The maximum Gasteiger partial charge on any atom is 0.268 e. The Morgan fingerprint density at radius 3 is 2.86 bits per heavy atom. The number of carbonyl (C=O) groups excluding carboxylic acids is 1. The Hall–Kier alpha value is -2.07. The highest BCUT2D eigenvalue weighted by Gasteiger charge is 2.30. The predicted octanol–water partition coefficient (Wildman–Crippen LogP) is 3.79. The number of nitrogens with zero attached hydrogens (tertiary/aromatic N) is 1. The van der Waals surface area contributed by atoms with Crippen LogP contribution in [0.3, 0.4) is 0 Å². The van der Waals surface area contributed by atoms with Crippen LogP contribution in [0.25, 0.3) is 0 Å². The van der Waals surface area contributed by atoms with Crippen molar-refractivity contribution in [3.05, 3.63) is 58.9 Å². The van der Waals surface area contributed by atoms with E-state index in [0.29, 0.717) is 10.8 Å². The van der Waals surface area contributed by atoms with E-state index in [-0.39, 0.29) is 18.1 Å². The Morgan fingerprint density at radius 2 is 2.05 bits per heavy atom. The van der Waals surface area contributed by atoms with Gasteiger partial charge in [-0.05, 0) is 31.2 Å². The van der Waals surface area contributed by atoms with Gasteiger partial charge in [0.25, 0.3) is 5.91 Å². The van der Waals surface area contributed by atoms with Gasteiger partial charge in [0.15, 0.2) is 6.10 Å². The normalized spacial score (nSPS) is 18.0. The molecule has 3 rings (SSSR count). The van der Waals surface area contributed by atoms with Crippen molar-refractivity contribution in [3.8, 4) is 5.75 Å². The van der Waals surface area contributed by atoms with Crippen molar-refractivity contribution >= 4 is 23.2 Å². The van der Waals surface area contributed by atoms with Crippen molar-refractivity contribution < 1.29 is 13.9 Å². The zero-order valence-corrected chi connectivity index (χ0v) is 12.1. The van der Waals surface area contributed by atoms with Crippen LogP contribution in [-0.2, 0) is 11.3 Å². The third-order valence-corrected chi connectivity index (χ3v) is 3.65. The second-order valence-electron chi connectivity index (χ2n) is 4.89. The number of hydrogen-bond acceptors (Lipinski definition) is 2. The van der Waals surface area contributed by atoms with Gasteiger partial charge in [-0.1, -0.05) is 29.8 Å². The quantitative estimate of drug-likeness (QED) is 0.802. The van der Waals surface area contributed by atoms with E-state index in [9.17, 15) is 9.18 Å². The molecule has 0 radical (unpaired) electrons. The van der Waals surface area contributed by atoms with E-state index in [1.54, 1.807) is 13.0 Å². The molecule has 0 N–H and O–H groups in total. The fourth-order valence-electron chi connectivity index (χ4n) is 2.35. The molecule has 1 aliphatic heterocycles. The molecule has 21 heavy (non-hydrogen) atoms. The Bertz CT molecular complexity index is 704. The SMILES string of the molecule is C[C@@H]1Oc2ccccc2CN(c2cc(Cl)ccc2F)C1=O. The van der Waals surface area contributed by atoms with E-state index >= 15 is 0 Å². The molecular formula is C16H13ClFNO2. The van der Waals surface area contributed by atoms with Gasteiger partial charge in [-0.2, -0.15) is 0 Å². The van der Waals surface area contributed by atoms with Crippen molar-refractivity contribution in [2.45, 2.75) is 19.6 Å². The number of ether oxygens (including phenoxy) is 1. The lowest BCUT2D eigenvalue weighted by Crippen LogP contribution is -2.38. The minimum absolute atomic E-state index is 0.166. The van der Waals surface area contributed by atoms with Gasteiger partial charge < -0.3 is 9.64 Å². The van der Waals surface area contributed by atoms with Crippen LogP contribution in [-0.4, -0.2) is 12.0 Å². The zero-order chi connectivity index (χ0) is 15.0. The second-order valence-corrected chi connectivity index (χ2v) is 5.32. The topological polar surface area (TPSA) is 29.5 Å². The van der Waals surface area contributed by atoms with Gasteiger partial charge in [0.2, 0.25) is 0 Å². The number of anilines is 1. The van der Waals surface area contributed by atoms with Crippen LogP contribution in [0.1, 0.15) is 12.5 Å². The van der Waals surface area contributed by atoms with E-state index in [1.165, 1.54) is 23.1 Å². The molecule has 3 nitrogen and oxygen atoms in total. The monoisotopic (exact) mass is 305 g/mol. The van der Waals surface area contributed by atoms with Gasteiger partial charge in [0, 0.05) is 10.6 Å². The third kappa shape index (κ3) is 2.59. The van der Waals surface area contributed by atoms with Gasteiger partial charge in [-0.3, -0.25) is 4.79 Å². The van der Waals surface area contributed by atoms with Crippen molar-refractivity contribution in [2.75, 3.05) is 4.90 Å². The summed E-state index contributed by atoms with van der Waals surface area (Å²) in [6, 6.07) is 11.5. The summed E-state index contributed by atoms with van der Waals surface area (Å²) in [7, 11) is 0. The van der Waals surface area contributed by atoms with Crippen LogP contribution in [0.4, 0.5) is 10.1 Å². The first-order chi connectivity index (χ1) is 10.1. The molecule has 0 saturated heterocycles. The van der Waals surface area contributed by atoms with Crippen molar-refractivity contribution in [1.29, 1.82) is 0 Å². The van der Waals surface area contributed by atoms with Gasteiger partial charge in [0.1, 0.15) is 11.6 Å². The smallest absolute Gasteiger partial charge is 0.268 e. The summed E-state index contributed by atoms with van der Waals surface area (Å²) in [5.41, 5.74) is 0.995. The van der Waals surface area contributed by atoms with Crippen molar-refractivity contribution in [2.24, 2.45) is 0 Å². The molecule has 2 aromatic carbocycles. The molecule has 108 valence electrons. The lowest BCUT2D eigenvalue weighted by atomic mass is 10.1. The summed E-state index contributed by atoms with van der Waals surface area (Å²) in [6.07, 6.45) is -0.688. The first-order valence-electron chi connectivity index (χ1n) is 6.57. The zero-order valence-electron chi connectivity index (χ0n) is 11.3. The lowest BCUT2D eigenvalue weighted by molar-refractivity contribution is -0.124. The molecule has 1 heterocycles. The predicted molar refractivity (Wildman–Crippen MR) is 79.1 cm³/mol. The molecule has 0 fully saturated rings. The Kier molecular flexibility index (Phi) is 3.55. The van der Waals surface area contributed by atoms with E-state index in [1.807, 2.05) is 18.2 Å². The van der Waals surface area contributed by atoms with Crippen LogP contribution in [0.15, 0.2) is 42.5 Å². The maximum atomic E-state index is 14.1. The summed E-state index contributed by atoms with van der Waals surface area (Å²) in [6.45, 7) is 1.90. The van der Waals surface area contributed by atoms with Crippen LogP contribution >= 0.6 is 11.6 Å². The average Bonchev–Trinajstić information content (AvgIpc) is 2.59. The van der Waals surface area contributed by atoms with Crippen molar-refractivity contribution in [3.63, 3.8) is 0 Å². The maximum absolute atomic E-state index is 14.1. The lowest BCUT2D eigenvalue weighted by Gasteiger charge is -2.23. The highest BCUT2D eigenvalue weighted by atomic mass is 35.5. The number of halogens is 2. The fraction of sp³-hybridized carbons (Fsp3) is 0.188. The van der Waals surface area contributed by atoms with E-state index in [4.69, 9.17) is 16.3 Å². The first kappa shape index (κ1) is 13.9. The number of amides is 1. The number of fused-ring (bicyclic) bond motifs is 1. The summed E-state index contributed by atoms with van der Waals surface area (Å²) >= 11 is 5.93. The Labute approximate surface area is 126 Å². The number of rotatable bonds is 1. The number of hydrogen-bond donors (Lipinski definition) is 0. The fourth-order valence-corrected chi connectivity index (χ4v) is 2.52. The van der Waals surface area contributed by atoms with Gasteiger partial charge >= 0.3 is 0 Å². The van der Waals surface area contributed by atoms with Gasteiger partial charge in [-0.25, -0.2) is 4.39 Å². The second kappa shape index (κ2) is 5.37. The summed E-state index contributed by atoms with van der Waals surface area (Å²) in [5, 5.41) is 0.380. The molecule has 0 aliphatic carbocycles. The molecule has 0 unspecified atom stereocenters. The number of benzene rings is 2. The van der Waals surface area contributed by atoms with E-state index in [0.717, 1.165) is 5.56 Å². The van der Waals surface area contributed by atoms with E-state index in [2.05, 4.69) is 0 Å². The molecule has 0 saturated carbocycles. The van der Waals surface area contributed by atoms with Crippen LogP contribution in [0.5, 0.6) is 5.75 Å². The largest absolute Gasteiger partial charge is 0.481 e. The first-order valence-corrected chi connectivity index (χ1v) is 6.95. The molecule has 1 aliphatic rings. The standard InChI is InChI=1S/C16H13ClFNO2/c1-10-16(20)19(14-8-12(17)6-7-13(14)18)9-11-4-2-3-5-15(11)21-10/h2-8,10H,9H2,1H3/t10-/m0/s1. The molecule has 1 atom stereocenters. The number of carbonyl (C=O) groups is 1. The minimum Gasteiger partial charge on any atom is -0.481 e. The average molecular weight is 306 g/mol. The molecular weight excluding hydrogens is 293 g/mol. The third-order valence-electron chi connectivity index (χ3n) is 3.42. The Morgan fingerprint density at radius 1 is 1.29 bits per heavy atom. The van der Waals surface area contributed by atoms with Gasteiger partial charge in [0.05, 0.1) is 12.2 Å². The molecule has 5 heteroatoms. The molecule has 0 aromatic heterocycles. The molecule has 1 amide bonds.